The quantitative estimate of drug-likeness (QED) is 0.610. The number of halogens is 2. The molecule has 4 heteroatoms. The van der Waals surface area contributed by atoms with Crippen LogP contribution in [0.25, 0.3) is 0 Å². The van der Waals surface area contributed by atoms with Crippen LogP contribution in [0.15, 0.2) is 0 Å². The summed E-state index contributed by atoms with van der Waals surface area (Å²) < 4.78 is 24.3. The molecule has 1 unspecified atom stereocenters. The van der Waals surface area contributed by atoms with Gasteiger partial charge < -0.3 is 0 Å². The van der Waals surface area contributed by atoms with E-state index in [0.717, 1.165) is 0 Å². The Labute approximate surface area is 67.8 Å². The van der Waals surface area contributed by atoms with Gasteiger partial charge in [0.05, 0.1) is 0 Å². The van der Waals surface area contributed by atoms with Crippen LogP contribution in [0.2, 0.25) is 0 Å². The molecule has 0 rings (SSSR count). The first kappa shape index (κ1) is 11.0. The molecule has 0 fully saturated rings. The highest BCUT2D eigenvalue weighted by Gasteiger charge is 2.22. The molecule has 11 heavy (non-hydrogen) atoms. The zero-order valence-corrected chi connectivity index (χ0v) is 7.89. The molecule has 0 heterocycles. The van der Waals surface area contributed by atoms with Crippen molar-refractivity contribution in [3.8, 4) is 0 Å². The number of carbonyl (C=O) groups excluding carboxylic acids is 1. The predicted molar refractivity (Wildman–Crippen MR) is 43.7 cm³/mol. The zero-order valence-electron chi connectivity index (χ0n) is 6.73. The van der Waals surface area contributed by atoms with Crippen LogP contribution < -0.4 is 0 Å². The molecule has 0 aromatic carbocycles. The minimum Gasteiger partial charge on any atom is -0.299 e. The van der Waals surface area contributed by atoms with Crippen molar-refractivity contribution < 1.29 is 13.6 Å². The third kappa shape index (κ3) is 6.36. The Morgan fingerprint density at radius 2 is 2.00 bits per heavy atom. The maximum absolute atomic E-state index is 12.2. The van der Waals surface area contributed by atoms with E-state index in [-0.39, 0.29) is 24.5 Å². The lowest BCUT2D eigenvalue weighted by atomic mass is 10.1. The molecule has 0 N–H and O–H groups in total. The molecule has 0 spiro atoms. The van der Waals surface area contributed by atoms with Gasteiger partial charge in [-0.15, -0.1) is 0 Å². The summed E-state index contributed by atoms with van der Waals surface area (Å²) in [6, 6.07) is 0. The summed E-state index contributed by atoms with van der Waals surface area (Å²) in [4.78, 5) is 10.8. The summed E-state index contributed by atoms with van der Waals surface area (Å²) in [5, 5.41) is 0. The largest absolute Gasteiger partial charge is 0.299 e. The maximum Gasteiger partial charge on any atom is 0.259 e. The molecule has 0 aliphatic rings. The highest BCUT2D eigenvalue weighted by atomic mass is 31.0. The van der Waals surface area contributed by atoms with Crippen LogP contribution >= 0.6 is 9.24 Å². The van der Waals surface area contributed by atoms with E-state index in [1.54, 1.807) is 13.8 Å². The van der Waals surface area contributed by atoms with Crippen LogP contribution in [-0.2, 0) is 4.79 Å². The molecular formula is C7H13F2OP. The highest BCUT2D eigenvalue weighted by Crippen LogP contribution is 2.28. The van der Waals surface area contributed by atoms with E-state index in [1.165, 1.54) is 9.24 Å². The van der Waals surface area contributed by atoms with E-state index < -0.39 is 5.66 Å². The fourth-order valence-corrected chi connectivity index (χ4v) is 0.723. The zero-order chi connectivity index (χ0) is 9.07. The van der Waals surface area contributed by atoms with Crippen molar-refractivity contribution in [2.45, 2.75) is 32.4 Å². The average Bonchev–Trinajstić information content (AvgIpc) is 1.80. The molecule has 1 nitrogen and oxygen atoms in total. The van der Waals surface area contributed by atoms with Gasteiger partial charge >= 0.3 is 0 Å². The van der Waals surface area contributed by atoms with E-state index in [2.05, 4.69) is 0 Å². The van der Waals surface area contributed by atoms with Gasteiger partial charge in [0.1, 0.15) is 5.78 Å². The van der Waals surface area contributed by atoms with Gasteiger partial charge in [0.25, 0.3) is 5.66 Å². The molecule has 0 aromatic heterocycles. The molecular weight excluding hydrogens is 169 g/mol. The van der Waals surface area contributed by atoms with Gasteiger partial charge in [0.2, 0.25) is 0 Å². The third-order valence-corrected chi connectivity index (χ3v) is 1.64. The molecule has 1 atom stereocenters. The number of hydrogen-bond donors (Lipinski definition) is 0. The molecule has 0 saturated heterocycles. The summed E-state index contributed by atoms with van der Waals surface area (Å²) in [5.74, 6) is -0.241. The van der Waals surface area contributed by atoms with E-state index in [0.29, 0.717) is 0 Å². The minimum atomic E-state index is -2.79. The molecule has 0 radical (unpaired) electrons. The van der Waals surface area contributed by atoms with Crippen molar-refractivity contribution in [1.29, 1.82) is 0 Å². The number of rotatable bonds is 4. The van der Waals surface area contributed by atoms with Crippen molar-refractivity contribution in [2.75, 3.05) is 0 Å². The summed E-state index contributed by atoms with van der Waals surface area (Å²) in [7, 11) is 1.43. The lowest BCUT2D eigenvalue weighted by Crippen LogP contribution is -2.12. The van der Waals surface area contributed by atoms with E-state index >= 15 is 0 Å². The Morgan fingerprint density at radius 1 is 1.55 bits per heavy atom. The Morgan fingerprint density at radius 3 is 2.27 bits per heavy atom. The predicted octanol–water partition coefficient (Wildman–Crippen LogP) is 2.46. The molecule has 0 saturated carbocycles. The van der Waals surface area contributed by atoms with Gasteiger partial charge in [-0.25, -0.2) is 8.78 Å². The number of ketones is 1. The smallest absolute Gasteiger partial charge is 0.259 e. The number of Topliss-reactive ketones (excluding diaryl/α,β-unsaturated/α-hetero) is 1. The minimum absolute atomic E-state index is 0.0336. The Balaban J connectivity index is 3.64. The van der Waals surface area contributed by atoms with E-state index in [1.807, 2.05) is 0 Å². The second-order valence-electron chi connectivity index (χ2n) is 2.88. The normalized spacial score (nSPS) is 12.2. The fourth-order valence-electron chi connectivity index (χ4n) is 0.579. The van der Waals surface area contributed by atoms with Crippen molar-refractivity contribution >= 4 is 15.0 Å². The lowest BCUT2D eigenvalue weighted by Gasteiger charge is -2.09. The summed E-state index contributed by atoms with van der Waals surface area (Å²) in [5.41, 5.74) is -2.79. The lowest BCUT2D eigenvalue weighted by molar-refractivity contribution is -0.122. The van der Waals surface area contributed by atoms with Gasteiger partial charge in [0, 0.05) is 18.8 Å². The molecule has 0 aliphatic heterocycles. The van der Waals surface area contributed by atoms with Gasteiger partial charge in [-0.05, 0) is 0 Å². The van der Waals surface area contributed by atoms with E-state index in [4.69, 9.17) is 0 Å². The van der Waals surface area contributed by atoms with Gasteiger partial charge in [-0.1, -0.05) is 23.1 Å². The third-order valence-electron chi connectivity index (χ3n) is 1.35. The van der Waals surface area contributed by atoms with Crippen LogP contribution in [0, 0.1) is 5.92 Å². The Bertz CT molecular complexity index is 140. The van der Waals surface area contributed by atoms with Crippen molar-refractivity contribution in [3.63, 3.8) is 0 Å². The number of carbonyl (C=O) groups is 1. The first-order valence-electron chi connectivity index (χ1n) is 3.52. The first-order chi connectivity index (χ1) is 4.83. The standard InChI is InChI=1S/C7H13F2OP/c1-5(2)6(10)3-4-7(8,9)11/h5H,3-4,11H2,1-2H3. The van der Waals surface area contributed by atoms with Crippen molar-refractivity contribution in [3.05, 3.63) is 0 Å². The second-order valence-corrected chi connectivity index (χ2v) is 3.73. The summed E-state index contributed by atoms with van der Waals surface area (Å²) >= 11 is 0. The fraction of sp³-hybridized carbons (Fsp3) is 0.857. The van der Waals surface area contributed by atoms with Gasteiger partial charge in [-0.2, -0.15) is 0 Å². The maximum atomic E-state index is 12.2. The molecule has 0 aromatic rings. The Hall–Kier alpha value is -0.0400. The monoisotopic (exact) mass is 182 g/mol. The Kier molecular flexibility index (Phi) is 4.09. The van der Waals surface area contributed by atoms with Crippen LogP contribution in [0.1, 0.15) is 26.7 Å². The molecule has 0 bridgehead atoms. The average molecular weight is 182 g/mol. The van der Waals surface area contributed by atoms with Crippen LogP contribution in [0.5, 0.6) is 0 Å². The number of hydrogen-bond acceptors (Lipinski definition) is 1. The summed E-state index contributed by atoms with van der Waals surface area (Å²) in [6.45, 7) is 3.42. The summed E-state index contributed by atoms with van der Waals surface area (Å²) in [6.07, 6.45) is -0.400. The topological polar surface area (TPSA) is 17.1 Å². The SMILES string of the molecule is CC(C)C(=O)CCC(F)(F)P. The second kappa shape index (κ2) is 4.10. The first-order valence-corrected chi connectivity index (χ1v) is 4.10. The van der Waals surface area contributed by atoms with Crippen LogP contribution in [0.4, 0.5) is 8.78 Å². The van der Waals surface area contributed by atoms with Crippen molar-refractivity contribution in [1.82, 2.24) is 0 Å². The van der Waals surface area contributed by atoms with Crippen LogP contribution in [0.3, 0.4) is 0 Å². The highest BCUT2D eigenvalue weighted by molar-refractivity contribution is 7.18. The molecule has 0 amide bonds. The molecule has 0 aliphatic carbocycles. The van der Waals surface area contributed by atoms with E-state index in [9.17, 15) is 13.6 Å². The van der Waals surface area contributed by atoms with Crippen molar-refractivity contribution in [2.24, 2.45) is 5.92 Å². The molecule has 66 valence electrons. The van der Waals surface area contributed by atoms with Gasteiger partial charge in [0.15, 0.2) is 0 Å². The number of alkyl halides is 2. The van der Waals surface area contributed by atoms with Crippen LogP contribution in [-0.4, -0.2) is 11.4 Å². The van der Waals surface area contributed by atoms with Gasteiger partial charge in [-0.3, -0.25) is 4.79 Å².